The predicted molar refractivity (Wildman–Crippen MR) is 78.9 cm³/mol. The third-order valence-corrected chi connectivity index (χ3v) is 2.91. The number of carbonyl (C=O) groups is 2. The number of halogens is 1. The van der Waals surface area contributed by atoms with Crippen LogP contribution in [0, 0.1) is 0 Å². The Morgan fingerprint density at radius 1 is 1.45 bits per heavy atom. The summed E-state index contributed by atoms with van der Waals surface area (Å²) in [6.45, 7) is 1.28. The Morgan fingerprint density at radius 2 is 2.05 bits per heavy atom. The molecule has 0 aliphatic carbocycles. The first-order chi connectivity index (χ1) is 9.38. The van der Waals surface area contributed by atoms with Gasteiger partial charge in [-0.2, -0.15) is 5.06 Å². The minimum absolute atomic E-state index is 0.153. The lowest BCUT2D eigenvalue weighted by molar-refractivity contribution is -0.129. The first kappa shape index (κ1) is 16.2. The third kappa shape index (κ3) is 5.85. The maximum absolute atomic E-state index is 11.5. The van der Waals surface area contributed by atoms with Crippen LogP contribution in [0.25, 0.3) is 6.08 Å². The van der Waals surface area contributed by atoms with E-state index in [1.54, 1.807) is 13.0 Å². The number of nitrogens with zero attached hydrogens (tertiary/aromatic N) is 1. The molecule has 0 aliphatic heterocycles. The molecule has 0 spiro atoms. The SMILES string of the molecule is CC(C=Cc1ccc(Br)cc1)NC(=O)CN(O)C(N)=O. The van der Waals surface area contributed by atoms with Crippen LogP contribution in [0.4, 0.5) is 4.79 Å². The Bertz CT molecular complexity index is 502. The lowest BCUT2D eigenvalue weighted by Gasteiger charge is -2.14. The molecule has 0 bridgehead atoms. The Balaban J connectivity index is 2.46. The van der Waals surface area contributed by atoms with E-state index in [0.717, 1.165) is 10.0 Å². The molecule has 1 aromatic rings. The zero-order chi connectivity index (χ0) is 15.1. The standard InChI is InChI=1S/C13H16BrN3O3/c1-9(16-12(18)8-17(20)13(15)19)2-3-10-4-6-11(14)7-5-10/h2-7,9,20H,8H2,1H3,(H2,15,19)(H,16,18). The van der Waals surface area contributed by atoms with Crippen molar-refractivity contribution in [1.29, 1.82) is 0 Å². The van der Waals surface area contributed by atoms with Crippen LogP contribution in [0.5, 0.6) is 0 Å². The van der Waals surface area contributed by atoms with Crippen LogP contribution in [0.1, 0.15) is 12.5 Å². The van der Waals surface area contributed by atoms with Crippen molar-refractivity contribution < 1.29 is 14.8 Å². The molecule has 4 N–H and O–H groups in total. The normalized spacial score (nSPS) is 12.2. The van der Waals surface area contributed by atoms with Crippen molar-refractivity contribution in [1.82, 2.24) is 10.4 Å². The molecule has 0 radical (unpaired) electrons. The summed E-state index contributed by atoms with van der Waals surface area (Å²) in [7, 11) is 0. The summed E-state index contributed by atoms with van der Waals surface area (Å²) >= 11 is 3.35. The second-order valence-corrected chi connectivity index (χ2v) is 5.08. The van der Waals surface area contributed by atoms with Gasteiger partial charge < -0.3 is 11.1 Å². The fraction of sp³-hybridized carbons (Fsp3) is 0.231. The van der Waals surface area contributed by atoms with Gasteiger partial charge in [-0.25, -0.2) is 4.79 Å². The molecular weight excluding hydrogens is 326 g/mol. The Labute approximate surface area is 125 Å². The second-order valence-electron chi connectivity index (χ2n) is 4.16. The largest absolute Gasteiger partial charge is 0.350 e. The quantitative estimate of drug-likeness (QED) is 0.562. The van der Waals surface area contributed by atoms with Crippen LogP contribution in [0.2, 0.25) is 0 Å². The average molecular weight is 342 g/mol. The number of amides is 3. The van der Waals surface area contributed by atoms with Crippen LogP contribution in [0.3, 0.4) is 0 Å². The van der Waals surface area contributed by atoms with E-state index < -0.39 is 18.5 Å². The molecule has 1 aromatic carbocycles. The second kappa shape index (κ2) is 7.66. The zero-order valence-electron chi connectivity index (χ0n) is 10.9. The summed E-state index contributed by atoms with van der Waals surface area (Å²) < 4.78 is 0.991. The molecule has 0 fully saturated rings. The van der Waals surface area contributed by atoms with Crippen molar-refractivity contribution in [3.05, 3.63) is 40.4 Å². The van der Waals surface area contributed by atoms with E-state index in [1.807, 2.05) is 30.3 Å². The van der Waals surface area contributed by atoms with E-state index in [0.29, 0.717) is 0 Å². The number of benzene rings is 1. The summed E-state index contributed by atoms with van der Waals surface area (Å²) in [5.74, 6) is -0.501. The summed E-state index contributed by atoms with van der Waals surface area (Å²) in [5, 5.41) is 11.8. The maximum atomic E-state index is 11.5. The van der Waals surface area contributed by atoms with E-state index in [9.17, 15) is 9.59 Å². The fourth-order valence-electron chi connectivity index (χ4n) is 1.39. The van der Waals surface area contributed by atoms with Gasteiger partial charge in [0.1, 0.15) is 6.54 Å². The van der Waals surface area contributed by atoms with Gasteiger partial charge in [-0.05, 0) is 24.6 Å². The summed E-state index contributed by atoms with van der Waals surface area (Å²) in [4.78, 5) is 22.0. The van der Waals surface area contributed by atoms with Gasteiger partial charge in [0.15, 0.2) is 0 Å². The minimum atomic E-state index is -1.07. The summed E-state index contributed by atoms with van der Waals surface area (Å²) in [5.41, 5.74) is 5.80. The van der Waals surface area contributed by atoms with Crippen LogP contribution in [-0.2, 0) is 4.79 Å². The number of urea groups is 1. The molecule has 20 heavy (non-hydrogen) atoms. The highest BCUT2D eigenvalue weighted by atomic mass is 79.9. The molecule has 1 atom stereocenters. The molecule has 7 heteroatoms. The molecule has 6 nitrogen and oxygen atoms in total. The van der Waals surface area contributed by atoms with E-state index in [1.165, 1.54) is 0 Å². The first-order valence-corrected chi connectivity index (χ1v) is 6.67. The average Bonchev–Trinajstić information content (AvgIpc) is 2.37. The van der Waals surface area contributed by atoms with Crippen LogP contribution in [0.15, 0.2) is 34.8 Å². The molecule has 3 amide bonds. The van der Waals surface area contributed by atoms with Crippen molar-refractivity contribution in [2.45, 2.75) is 13.0 Å². The zero-order valence-corrected chi connectivity index (χ0v) is 12.5. The lowest BCUT2D eigenvalue weighted by Crippen LogP contribution is -2.43. The highest BCUT2D eigenvalue weighted by Gasteiger charge is 2.12. The van der Waals surface area contributed by atoms with E-state index in [2.05, 4.69) is 21.2 Å². The van der Waals surface area contributed by atoms with E-state index in [4.69, 9.17) is 10.9 Å². The Kier molecular flexibility index (Phi) is 6.20. The van der Waals surface area contributed by atoms with Gasteiger partial charge in [-0.1, -0.05) is 40.2 Å². The molecule has 0 aromatic heterocycles. The van der Waals surface area contributed by atoms with Crippen molar-refractivity contribution in [3.8, 4) is 0 Å². The topological polar surface area (TPSA) is 95.7 Å². The van der Waals surface area contributed by atoms with E-state index in [-0.39, 0.29) is 11.1 Å². The number of hydrogen-bond acceptors (Lipinski definition) is 3. The van der Waals surface area contributed by atoms with Crippen molar-refractivity contribution in [3.63, 3.8) is 0 Å². The monoisotopic (exact) mass is 341 g/mol. The lowest BCUT2D eigenvalue weighted by atomic mass is 10.2. The molecule has 0 heterocycles. The van der Waals surface area contributed by atoms with Crippen LogP contribution >= 0.6 is 15.9 Å². The number of hydrogen-bond donors (Lipinski definition) is 3. The van der Waals surface area contributed by atoms with Crippen molar-refractivity contribution >= 4 is 33.9 Å². The fourth-order valence-corrected chi connectivity index (χ4v) is 1.66. The number of nitrogens with one attached hydrogen (secondary N) is 1. The van der Waals surface area contributed by atoms with Gasteiger partial charge in [0.05, 0.1) is 0 Å². The third-order valence-electron chi connectivity index (χ3n) is 2.38. The van der Waals surface area contributed by atoms with Gasteiger partial charge in [0, 0.05) is 10.5 Å². The van der Waals surface area contributed by atoms with Gasteiger partial charge in [0.25, 0.3) is 0 Å². The Morgan fingerprint density at radius 3 is 2.60 bits per heavy atom. The highest BCUT2D eigenvalue weighted by Crippen LogP contribution is 2.11. The molecule has 108 valence electrons. The number of primary amides is 1. The highest BCUT2D eigenvalue weighted by molar-refractivity contribution is 9.10. The summed E-state index contributed by atoms with van der Waals surface area (Å²) in [6.07, 6.45) is 3.66. The van der Waals surface area contributed by atoms with Gasteiger partial charge >= 0.3 is 6.03 Å². The molecule has 0 saturated heterocycles. The van der Waals surface area contributed by atoms with Crippen molar-refractivity contribution in [2.24, 2.45) is 5.73 Å². The van der Waals surface area contributed by atoms with Gasteiger partial charge in [-0.15, -0.1) is 0 Å². The minimum Gasteiger partial charge on any atom is -0.350 e. The number of carbonyl (C=O) groups excluding carboxylic acids is 2. The smallest absolute Gasteiger partial charge is 0.339 e. The molecule has 1 rings (SSSR count). The van der Waals surface area contributed by atoms with Crippen LogP contribution in [-0.4, -0.2) is 34.8 Å². The van der Waals surface area contributed by atoms with E-state index >= 15 is 0 Å². The van der Waals surface area contributed by atoms with Gasteiger partial charge in [-0.3, -0.25) is 10.0 Å². The first-order valence-electron chi connectivity index (χ1n) is 5.87. The number of nitrogens with two attached hydrogens (primary N) is 1. The Hall–Kier alpha value is -1.86. The van der Waals surface area contributed by atoms with Crippen LogP contribution < -0.4 is 11.1 Å². The molecule has 0 aliphatic rings. The maximum Gasteiger partial charge on any atom is 0.339 e. The van der Waals surface area contributed by atoms with Gasteiger partial charge in [0.2, 0.25) is 5.91 Å². The molecular formula is C13H16BrN3O3. The molecule has 1 unspecified atom stereocenters. The number of rotatable bonds is 5. The predicted octanol–water partition coefficient (Wildman–Crippen LogP) is 1.74. The summed E-state index contributed by atoms with van der Waals surface area (Å²) in [6, 6.07) is 6.37. The van der Waals surface area contributed by atoms with Crippen molar-refractivity contribution in [2.75, 3.05) is 6.54 Å². The molecule has 0 saturated carbocycles. The number of hydroxylamine groups is 2.